The Morgan fingerprint density at radius 3 is 2.89 bits per heavy atom. The molecule has 1 N–H and O–H groups in total. The van der Waals surface area contributed by atoms with E-state index in [-0.39, 0.29) is 5.78 Å². The van der Waals surface area contributed by atoms with E-state index in [0.29, 0.717) is 12.3 Å². The van der Waals surface area contributed by atoms with Crippen molar-refractivity contribution in [2.45, 2.75) is 26.7 Å². The number of ketones is 1. The van der Waals surface area contributed by atoms with Crippen molar-refractivity contribution in [1.82, 2.24) is 4.98 Å². The van der Waals surface area contributed by atoms with Gasteiger partial charge in [-0.05, 0) is 24.1 Å². The minimum atomic E-state index is 0.198. The second-order valence-electron chi connectivity index (χ2n) is 4.75. The zero-order chi connectivity index (χ0) is 13.1. The Labute approximate surface area is 107 Å². The Hall–Kier alpha value is -1.77. The van der Waals surface area contributed by atoms with Gasteiger partial charge >= 0.3 is 0 Å². The molecule has 0 bridgehead atoms. The Bertz CT molecular complexity index is 557. The third kappa shape index (κ3) is 2.40. The number of hydrogen-bond donors (Lipinski definition) is 1. The van der Waals surface area contributed by atoms with Crippen molar-refractivity contribution in [1.29, 1.82) is 0 Å². The Kier molecular flexibility index (Phi) is 3.70. The number of nitrogens with one attached hydrogen (secondary N) is 1. The van der Waals surface area contributed by atoms with Crippen LogP contribution in [0.1, 0.15) is 37.0 Å². The van der Waals surface area contributed by atoms with Crippen LogP contribution in [-0.2, 0) is 0 Å². The highest BCUT2D eigenvalue weighted by Crippen LogP contribution is 2.25. The van der Waals surface area contributed by atoms with E-state index >= 15 is 0 Å². The fourth-order valence-electron chi connectivity index (χ4n) is 2.03. The maximum atomic E-state index is 12.2. The molecule has 0 aliphatic heterocycles. The second-order valence-corrected chi connectivity index (χ2v) is 4.75. The number of fused-ring (bicyclic) bond motifs is 1. The molecule has 0 aliphatic carbocycles. The summed E-state index contributed by atoms with van der Waals surface area (Å²) in [6.07, 6.45) is 3.42. The third-order valence-electron chi connectivity index (χ3n) is 3.42. The second kappa shape index (κ2) is 5.25. The summed E-state index contributed by atoms with van der Waals surface area (Å²) >= 11 is 0. The first-order valence-electron chi connectivity index (χ1n) is 6.34. The van der Waals surface area contributed by atoms with Crippen LogP contribution in [0.5, 0.6) is 5.75 Å². The van der Waals surface area contributed by atoms with Crippen molar-refractivity contribution in [2.24, 2.45) is 5.92 Å². The number of carbonyl (C=O) groups is 1. The predicted molar refractivity (Wildman–Crippen MR) is 73.3 cm³/mol. The van der Waals surface area contributed by atoms with Gasteiger partial charge in [-0.25, -0.2) is 0 Å². The first kappa shape index (κ1) is 12.7. The number of hydrogen-bond acceptors (Lipinski definition) is 2. The molecule has 0 spiro atoms. The first-order valence-corrected chi connectivity index (χ1v) is 6.34. The Morgan fingerprint density at radius 2 is 2.22 bits per heavy atom. The topological polar surface area (TPSA) is 42.1 Å². The fraction of sp³-hybridized carbons (Fsp3) is 0.400. The SMILES string of the molecule is CCC(C)CC(=O)c1c[nH]c2ccc(OC)cc12. The van der Waals surface area contributed by atoms with Crippen LogP contribution in [0.4, 0.5) is 0 Å². The van der Waals surface area contributed by atoms with Crippen molar-refractivity contribution in [3.05, 3.63) is 30.0 Å². The van der Waals surface area contributed by atoms with Crippen LogP contribution < -0.4 is 4.74 Å². The number of H-pyrrole nitrogens is 1. The van der Waals surface area contributed by atoms with E-state index < -0.39 is 0 Å². The van der Waals surface area contributed by atoms with Crippen LogP contribution in [0.15, 0.2) is 24.4 Å². The predicted octanol–water partition coefficient (Wildman–Crippen LogP) is 3.80. The van der Waals surface area contributed by atoms with Gasteiger partial charge in [0.1, 0.15) is 5.75 Å². The highest BCUT2D eigenvalue weighted by molar-refractivity contribution is 6.08. The van der Waals surface area contributed by atoms with E-state index in [1.54, 1.807) is 13.3 Å². The van der Waals surface area contributed by atoms with Crippen LogP contribution in [0.3, 0.4) is 0 Å². The van der Waals surface area contributed by atoms with Gasteiger partial charge in [0.15, 0.2) is 5.78 Å². The summed E-state index contributed by atoms with van der Waals surface area (Å²) in [5.74, 6) is 1.40. The lowest BCUT2D eigenvalue weighted by atomic mass is 9.97. The highest BCUT2D eigenvalue weighted by atomic mass is 16.5. The number of aromatic nitrogens is 1. The highest BCUT2D eigenvalue weighted by Gasteiger charge is 2.14. The van der Waals surface area contributed by atoms with E-state index in [1.807, 2.05) is 18.2 Å². The largest absolute Gasteiger partial charge is 0.497 e. The van der Waals surface area contributed by atoms with Gasteiger partial charge in [0.05, 0.1) is 7.11 Å². The van der Waals surface area contributed by atoms with Gasteiger partial charge < -0.3 is 9.72 Å². The molecule has 1 aromatic heterocycles. The van der Waals surface area contributed by atoms with Crippen LogP contribution >= 0.6 is 0 Å². The number of rotatable bonds is 5. The van der Waals surface area contributed by atoms with Crippen molar-refractivity contribution >= 4 is 16.7 Å². The number of ether oxygens (including phenoxy) is 1. The molecule has 0 aliphatic rings. The summed E-state index contributed by atoms with van der Waals surface area (Å²) in [6, 6.07) is 5.74. The molecule has 1 unspecified atom stereocenters. The molecule has 3 nitrogen and oxygen atoms in total. The molecule has 1 aromatic carbocycles. The van der Waals surface area contributed by atoms with Gasteiger partial charge in [0, 0.05) is 29.1 Å². The summed E-state index contributed by atoms with van der Waals surface area (Å²) in [6.45, 7) is 4.21. The van der Waals surface area contributed by atoms with Crippen molar-refractivity contribution in [3.8, 4) is 5.75 Å². The molecular formula is C15H19NO2. The quantitative estimate of drug-likeness (QED) is 0.814. The van der Waals surface area contributed by atoms with Crippen LogP contribution in [0.25, 0.3) is 10.9 Å². The number of carbonyl (C=O) groups excluding carboxylic acids is 1. The van der Waals surface area contributed by atoms with Crippen LogP contribution in [0, 0.1) is 5.92 Å². The molecule has 96 valence electrons. The van der Waals surface area contributed by atoms with Crippen molar-refractivity contribution in [2.75, 3.05) is 7.11 Å². The lowest BCUT2D eigenvalue weighted by Gasteiger charge is -2.06. The molecule has 0 amide bonds. The monoisotopic (exact) mass is 245 g/mol. The zero-order valence-electron chi connectivity index (χ0n) is 11.1. The smallest absolute Gasteiger partial charge is 0.165 e. The average Bonchev–Trinajstić information content (AvgIpc) is 2.81. The molecule has 1 atom stereocenters. The number of Topliss-reactive ketones (excluding diaryl/α,β-unsaturated/α-hetero) is 1. The van der Waals surface area contributed by atoms with E-state index in [1.165, 1.54) is 0 Å². The van der Waals surface area contributed by atoms with Gasteiger partial charge in [-0.1, -0.05) is 20.3 Å². The summed E-state index contributed by atoms with van der Waals surface area (Å²) in [4.78, 5) is 15.4. The molecule has 2 aromatic rings. The standard InChI is InChI=1S/C15H19NO2/c1-4-10(2)7-15(17)13-9-16-14-6-5-11(18-3)8-12(13)14/h5-6,8-10,16H,4,7H2,1-3H3. The summed E-state index contributed by atoms with van der Waals surface area (Å²) < 4.78 is 5.20. The normalized spacial score (nSPS) is 12.6. The molecule has 0 saturated carbocycles. The Balaban J connectivity index is 2.35. The van der Waals surface area contributed by atoms with E-state index in [0.717, 1.165) is 28.6 Å². The van der Waals surface area contributed by atoms with E-state index in [4.69, 9.17) is 4.74 Å². The number of methoxy groups -OCH3 is 1. The summed E-state index contributed by atoms with van der Waals surface area (Å²) in [7, 11) is 1.63. The lowest BCUT2D eigenvalue weighted by Crippen LogP contribution is -2.04. The molecule has 2 rings (SSSR count). The zero-order valence-corrected chi connectivity index (χ0v) is 11.1. The number of benzene rings is 1. The third-order valence-corrected chi connectivity index (χ3v) is 3.42. The molecule has 1 heterocycles. The first-order chi connectivity index (χ1) is 8.65. The van der Waals surface area contributed by atoms with Gasteiger partial charge in [0.2, 0.25) is 0 Å². The molecule has 0 saturated heterocycles. The molecular weight excluding hydrogens is 226 g/mol. The maximum absolute atomic E-state index is 12.2. The summed E-state index contributed by atoms with van der Waals surface area (Å²) in [5.41, 5.74) is 1.74. The van der Waals surface area contributed by atoms with Gasteiger partial charge in [0.25, 0.3) is 0 Å². The summed E-state index contributed by atoms with van der Waals surface area (Å²) in [5, 5.41) is 0.947. The molecule has 0 radical (unpaired) electrons. The van der Waals surface area contributed by atoms with Crippen LogP contribution in [-0.4, -0.2) is 17.9 Å². The average molecular weight is 245 g/mol. The Morgan fingerprint density at radius 1 is 1.44 bits per heavy atom. The van der Waals surface area contributed by atoms with E-state index in [9.17, 15) is 4.79 Å². The van der Waals surface area contributed by atoms with Gasteiger partial charge in [-0.2, -0.15) is 0 Å². The van der Waals surface area contributed by atoms with Crippen LogP contribution in [0.2, 0.25) is 0 Å². The minimum Gasteiger partial charge on any atom is -0.497 e. The van der Waals surface area contributed by atoms with Crippen molar-refractivity contribution < 1.29 is 9.53 Å². The maximum Gasteiger partial charge on any atom is 0.165 e. The van der Waals surface area contributed by atoms with E-state index in [2.05, 4.69) is 18.8 Å². The molecule has 18 heavy (non-hydrogen) atoms. The fourth-order valence-corrected chi connectivity index (χ4v) is 2.03. The molecule has 3 heteroatoms. The van der Waals surface area contributed by atoms with Gasteiger partial charge in [-0.3, -0.25) is 4.79 Å². The minimum absolute atomic E-state index is 0.198. The van der Waals surface area contributed by atoms with Crippen molar-refractivity contribution in [3.63, 3.8) is 0 Å². The molecule has 0 fully saturated rings. The lowest BCUT2D eigenvalue weighted by molar-refractivity contribution is 0.0965. The number of aromatic amines is 1. The van der Waals surface area contributed by atoms with Gasteiger partial charge in [-0.15, -0.1) is 0 Å².